The number of imidazole rings is 1. The maximum absolute atomic E-state index is 12.3. The summed E-state index contributed by atoms with van der Waals surface area (Å²) in [5.74, 6) is 0. The Morgan fingerprint density at radius 1 is 1.13 bits per heavy atom. The van der Waals surface area contributed by atoms with Crippen molar-refractivity contribution < 1.29 is 14.9 Å². The Kier molecular flexibility index (Phi) is 4.86. The number of H-pyrrole nitrogens is 1. The first-order valence-corrected chi connectivity index (χ1v) is 10.1. The Hall–Kier alpha value is -3.00. The minimum atomic E-state index is -0.751. The molecule has 0 aliphatic carbocycles. The first-order chi connectivity index (χ1) is 14.7. The molecule has 1 aliphatic rings. The summed E-state index contributed by atoms with van der Waals surface area (Å²) < 4.78 is 7.61. The summed E-state index contributed by atoms with van der Waals surface area (Å²) in [6, 6.07) is 14.6. The summed E-state index contributed by atoms with van der Waals surface area (Å²) in [6.45, 7) is -0.251. The lowest BCUT2D eigenvalue weighted by atomic mass is 9.99. The van der Waals surface area contributed by atoms with Crippen LogP contribution in [-0.4, -0.2) is 43.6 Å². The van der Waals surface area contributed by atoms with Crippen LogP contribution in [-0.2, 0) is 17.6 Å². The number of hydrogen-bond donors (Lipinski definition) is 3. The predicted molar refractivity (Wildman–Crippen MR) is 113 cm³/mol. The number of nitrogens with zero attached hydrogens (tertiary/aromatic N) is 2. The molecule has 3 atom stereocenters. The minimum Gasteiger partial charge on any atom is -0.394 e. The number of pyridine rings is 1. The first-order valence-electron chi connectivity index (χ1n) is 10.1. The molecule has 1 saturated heterocycles. The van der Waals surface area contributed by atoms with Crippen LogP contribution in [0.5, 0.6) is 0 Å². The molecule has 0 unspecified atom stereocenters. The predicted octanol–water partition coefficient (Wildman–Crippen LogP) is 2.30. The molecule has 2 aromatic heterocycles. The van der Waals surface area contributed by atoms with Crippen molar-refractivity contribution in [2.45, 2.75) is 37.7 Å². The van der Waals surface area contributed by atoms with Crippen molar-refractivity contribution in [1.82, 2.24) is 14.5 Å². The van der Waals surface area contributed by atoms with Gasteiger partial charge in [0.25, 0.3) is 5.56 Å². The van der Waals surface area contributed by atoms with Crippen LogP contribution in [0.2, 0.25) is 0 Å². The van der Waals surface area contributed by atoms with Gasteiger partial charge < -0.3 is 24.5 Å². The summed E-state index contributed by atoms with van der Waals surface area (Å²) >= 11 is 0. The second-order valence-corrected chi connectivity index (χ2v) is 7.75. The normalized spacial score (nSPS) is 21.6. The van der Waals surface area contributed by atoms with Crippen molar-refractivity contribution in [3.8, 4) is 0 Å². The Morgan fingerprint density at radius 2 is 1.93 bits per heavy atom. The zero-order valence-corrected chi connectivity index (χ0v) is 16.4. The number of nitrogens with one attached hydrogen (secondary N) is 1. The van der Waals surface area contributed by atoms with E-state index in [0.717, 1.165) is 17.5 Å². The second kappa shape index (κ2) is 7.68. The fraction of sp³-hybridized carbons (Fsp3) is 0.304. The lowest BCUT2D eigenvalue weighted by Gasteiger charge is -2.16. The van der Waals surface area contributed by atoms with Crippen molar-refractivity contribution in [2.24, 2.45) is 0 Å². The Bertz CT molecular complexity index is 1260. The van der Waals surface area contributed by atoms with Crippen LogP contribution in [0.1, 0.15) is 23.8 Å². The van der Waals surface area contributed by atoms with E-state index in [0.29, 0.717) is 18.4 Å². The van der Waals surface area contributed by atoms with Gasteiger partial charge in [0, 0.05) is 12.6 Å². The fourth-order valence-electron chi connectivity index (χ4n) is 4.37. The van der Waals surface area contributed by atoms with Gasteiger partial charge in [0.2, 0.25) is 0 Å². The van der Waals surface area contributed by atoms with Gasteiger partial charge in [0.05, 0.1) is 24.6 Å². The van der Waals surface area contributed by atoms with Gasteiger partial charge in [-0.2, -0.15) is 0 Å². The second-order valence-electron chi connectivity index (χ2n) is 7.75. The summed E-state index contributed by atoms with van der Waals surface area (Å²) in [4.78, 5) is 19.4. The van der Waals surface area contributed by atoms with E-state index in [2.05, 4.69) is 40.3 Å². The standard InChI is InChI=1S/C23H23N3O4/c27-12-19-18(28)10-20(30-19)26-13-25-21-22(26)16(11-24-23(21)29)9-8-15-6-3-5-14-4-1-2-7-17(14)15/h1-7,11,13,18-20,27-28H,8-10,12H2,(H,24,29)/t18-,19+,20-/m0/s1. The van der Waals surface area contributed by atoms with Crippen molar-refractivity contribution in [3.63, 3.8) is 0 Å². The fourth-order valence-corrected chi connectivity index (χ4v) is 4.37. The van der Waals surface area contributed by atoms with Crippen LogP contribution in [0.3, 0.4) is 0 Å². The highest BCUT2D eigenvalue weighted by molar-refractivity contribution is 5.85. The molecule has 0 spiro atoms. The van der Waals surface area contributed by atoms with E-state index in [-0.39, 0.29) is 12.2 Å². The van der Waals surface area contributed by atoms with Gasteiger partial charge in [-0.25, -0.2) is 4.98 Å². The highest BCUT2D eigenvalue weighted by Gasteiger charge is 2.35. The zero-order valence-electron chi connectivity index (χ0n) is 16.4. The molecular formula is C23H23N3O4. The topological polar surface area (TPSA) is 100 Å². The third-order valence-electron chi connectivity index (χ3n) is 5.93. The molecule has 7 nitrogen and oxygen atoms in total. The van der Waals surface area contributed by atoms with Crippen LogP contribution in [0.25, 0.3) is 21.8 Å². The highest BCUT2D eigenvalue weighted by Crippen LogP contribution is 2.32. The van der Waals surface area contributed by atoms with E-state index in [1.54, 1.807) is 12.5 Å². The van der Waals surface area contributed by atoms with Gasteiger partial charge in [-0.1, -0.05) is 42.5 Å². The number of hydrogen-bond acceptors (Lipinski definition) is 5. The first kappa shape index (κ1) is 19.0. The van der Waals surface area contributed by atoms with E-state index >= 15 is 0 Å². The average Bonchev–Trinajstić information content (AvgIpc) is 3.37. The third kappa shape index (κ3) is 3.21. The van der Waals surface area contributed by atoms with E-state index in [1.165, 1.54) is 16.3 Å². The number of aliphatic hydroxyl groups excluding tert-OH is 2. The SMILES string of the molecule is O=c1[nH]cc(CCc2cccc3ccccc23)c2c1ncn2[C@@H]1C[C@H](O)[C@@H](CO)O1. The molecule has 3 N–H and O–H groups in total. The molecule has 0 amide bonds. The van der Waals surface area contributed by atoms with Crippen LogP contribution in [0, 0.1) is 0 Å². The maximum atomic E-state index is 12.3. The molecule has 0 bridgehead atoms. The molecule has 0 saturated carbocycles. The smallest absolute Gasteiger partial charge is 0.276 e. The van der Waals surface area contributed by atoms with Crippen LogP contribution in [0.15, 0.2) is 59.8 Å². The Morgan fingerprint density at radius 3 is 2.77 bits per heavy atom. The number of aromatic amines is 1. The van der Waals surface area contributed by atoms with Gasteiger partial charge in [-0.05, 0) is 34.7 Å². The zero-order chi connectivity index (χ0) is 20.7. The number of aromatic nitrogens is 3. The molecule has 30 heavy (non-hydrogen) atoms. The van der Waals surface area contributed by atoms with Crippen molar-refractivity contribution in [1.29, 1.82) is 0 Å². The molecule has 7 heteroatoms. The molecule has 4 aromatic rings. The molecule has 1 aliphatic heterocycles. The van der Waals surface area contributed by atoms with Gasteiger partial charge in [-0.3, -0.25) is 4.79 Å². The Balaban J connectivity index is 1.51. The van der Waals surface area contributed by atoms with Gasteiger partial charge in [0.1, 0.15) is 12.3 Å². The van der Waals surface area contributed by atoms with E-state index < -0.39 is 18.4 Å². The highest BCUT2D eigenvalue weighted by atomic mass is 16.5. The largest absolute Gasteiger partial charge is 0.394 e. The molecule has 154 valence electrons. The third-order valence-corrected chi connectivity index (χ3v) is 5.93. The van der Waals surface area contributed by atoms with Crippen molar-refractivity contribution in [2.75, 3.05) is 6.61 Å². The summed E-state index contributed by atoms with van der Waals surface area (Å²) in [7, 11) is 0. The van der Waals surface area contributed by atoms with Gasteiger partial charge in [-0.15, -0.1) is 0 Å². The minimum absolute atomic E-state index is 0.251. The number of ether oxygens (including phenoxy) is 1. The molecule has 2 aromatic carbocycles. The van der Waals surface area contributed by atoms with Crippen LogP contribution >= 0.6 is 0 Å². The molecule has 5 rings (SSSR count). The molecule has 3 heterocycles. The van der Waals surface area contributed by atoms with E-state index in [4.69, 9.17) is 4.74 Å². The number of aliphatic hydroxyl groups is 2. The quantitative estimate of drug-likeness (QED) is 0.473. The van der Waals surface area contributed by atoms with Gasteiger partial charge >= 0.3 is 0 Å². The molecule has 1 fully saturated rings. The van der Waals surface area contributed by atoms with E-state index in [9.17, 15) is 15.0 Å². The number of aryl methyl sites for hydroxylation is 2. The van der Waals surface area contributed by atoms with Gasteiger partial charge in [0.15, 0.2) is 5.52 Å². The van der Waals surface area contributed by atoms with Crippen LogP contribution in [0.4, 0.5) is 0 Å². The Labute approximate surface area is 172 Å². The van der Waals surface area contributed by atoms with Crippen molar-refractivity contribution in [3.05, 3.63) is 76.5 Å². The number of benzene rings is 2. The monoisotopic (exact) mass is 405 g/mol. The van der Waals surface area contributed by atoms with Crippen molar-refractivity contribution >= 4 is 21.8 Å². The summed E-state index contributed by atoms with van der Waals surface area (Å²) in [5, 5.41) is 21.9. The number of rotatable bonds is 5. The lowest BCUT2D eigenvalue weighted by Crippen LogP contribution is -2.24. The number of fused-ring (bicyclic) bond motifs is 2. The average molecular weight is 405 g/mol. The molecular weight excluding hydrogens is 382 g/mol. The molecule has 0 radical (unpaired) electrons. The van der Waals surface area contributed by atoms with E-state index in [1.807, 2.05) is 16.7 Å². The maximum Gasteiger partial charge on any atom is 0.276 e. The summed E-state index contributed by atoms with van der Waals surface area (Å²) in [5.41, 5.74) is 3.02. The lowest BCUT2D eigenvalue weighted by molar-refractivity contribution is -0.0431. The van der Waals surface area contributed by atoms with Crippen LogP contribution < -0.4 is 5.56 Å². The summed E-state index contributed by atoms with van der Waals surface area (Å²) in [6.07, 6.45) is 3.33.